The van der Waals surface area contributed by atoms with Gasteiger partial charge >= 0.3 is 0 Å². The van der Waals surface area contributed by atoms with E-state index in [1.165, 1.54) is 0 Å². The Morgan fingerprint density at radius 1 is 1.35 bits per heavy atom. The first kappa shape index (κ1) is 11.9. The molecular formula is C12H13N2O2S. The summed E-state index contributed by atoms with van der Waals surface area (Å²) in [6.45, 7) is 1.88. The standard InChI is InChI=1S/C12H13N2O2S/c1-9-7-12(14-13-9)11-6-4-3-5-10(11)8-17(2,15)16/h3-7H,2,8H2,1H3,(H,13,14). The summed E-state index contributed by atoms with van der Waals surface area (Å²) >= 11 is 0. The average molecular weight is 249 g/mol. The summed E-state index contributed by atoms with van der Waals surface area (Å²) in [5.41, 5.74) is 3.26. The summed E-state index contributed by atoms with van der Waals surface area (Å²) in [6.07, 6.45) is 3.15. The lowest BCUT2D eigenvalue weighted by molar-refractivity contribution is 0.603. The average Bonchev–Trinajstić information content (AvgIpc) is 2.63. The topological polar surface area (TPSA) is 62.8 Å². The Bertz CT molecular complexity index is 629. The van der Waals surface area contributed by atoms with E-state index in [2.05, 4.69) is 16.5 Å². The van der Waals surface area contributed by atoms with Crippen LogP contribution in [0.5, 0.6) is 0 Å². The number of sulfone groups is 1. The van der Waals surface area contributed by atoms with Crippen molar-refractivity contribution in [3.05, 3.63) is 47.8 Å². The van der Waals surface area contributed by atoms with Crippen molar-refractivity contribution in [1.82, 2.24) is 10.2 Å². The maximum atomic E-state index is 11.3. The Kier molecular flexibility index (Phi) is 3.02. The molecule has 0 amide bonds. The van der Waals surface area contributed by atoms with E-state index in [9.17, 15) is 8.42 Å². The van der Waals surface area contributed by atoms with E-state index in [1.54, 1.807) is 6.07 Å². The minimum absolute atomic E-state index is 0.0682. The Morgan fingerprint density at radius 2 is 2.06 bits per heavy atom. The van der Waals surface area contributed by atoms with Gasteiger partial charge in [0.05, 0.1) is 23.4 Å². The van der Waals surface area contributed by atoms with E-state index in [4.69, 9.17) is 0 Å². The first-order valence-electron chi connectivity index (χ1n) is 5.12. The molecule has 4 nitrogen and oxygen atoms in total. The van der Waals surface area contributed by atoms with Gasteiger partial charge in [0.15, 0.2) is 9.84 Å². The van der Waals surface area contributed by atoms with Crippen molar-refractivity contribution >= 4 is 9.84 Å². The van der Waals surface area contributed by atoms with Crippen LogP contribution >= 0.6 is 0 Å². The van der Waals surface area contributed by atoms with E-state index in [1.807, 2.05) is 31.2 Å². The maximum absolute atomic E-state index is 11.3. The van der Waals surface area contributed by atoms with Crippen LogP contribution in [0.15, 0.2) is 30.3 Å². The van der Waals surface area contributed by atoms with Crippen LogP contribution in [0.1, 0.15) is 11.3 Å². The fourth-order valence-electron chi connectivity index (χ4n) is 1.71. The monoisotopic (exact) mass is 249 g/mol. The third-order valence-electron chi connectivity index (χ3n) is 2.39. The molecule has 0 bridgehead atoms. The van der Waals surface area contributed by atoms with Crippen LogP contribution in [0.2, 0.25) is 0 Å². The van der Waals surface area contributed by atoms with Gasteiger partial charge in [-0.2, -0.15) is 5.10 Å². The third-order valence-corrected chi connectivity index (χ3v) is 3.14. The molecule has 1 heterocycles. The molecule has 0 aliphatic carbocycles. The summed E-state index contributed by atoms with van der Waals surface area (Å²) in [5.74, 6) is -0.0682. The van der Waals surface area contributed by atoms with Gasteiger partial charge in [0.2, 0.25) is 0 Å². The van der Waals surface area contributed by atoms with Gasteiger partial charge in [0.25, 0.3) is 0 Å². The van der Waals surface area contributed by atoms with Gasteiger partial charge < -0.3 is 0 Å². The molecule has 0 atom stereocenters. The predicted octanol–water partition coefficient (Wildman–Crippen LogP) is 2.09. The van der Waals surface area contributed by atoms with Gasteiger partial charge in [-0.15, -0.1) is 0 Å². The zero-order valence-corrected chi connectivity index (χ0v) is 10.3. The smallest absolute Gasteiger partial charge is 0.155 e. The van der Waals surface area contributed by atoms with Crippen LogP contribution in [0.3, 0.4) is 0 Å². The molecule has 0 saturated heterocycles. The van der Waals surface area contributed by atoms with Crippen molar-refractivity contribution in [3.63, 3.8) is 0 Å². The van der Waals surface area contributed by atoms with Crippen LogP contribution in [0.25, 0.3) is 11.3 Å². The lowest BCUT2D eigenvalue weighted by Crippen LogP contribution is -2.00. The maximum Gasteiger partial charge on any atom is 0.155 e. The molecule has 1 aromatic heterocycles. The SMILES string of the molecule is [CH2]S(=O)(=O)Cc1ccccc1-c1cc(C)n[nH]1. The lowest BCUT2D eigenvalue weighted by atomic mass is 10.1. The molecule has 5 heteroatoms. The van der Waals surface area contributed by atoms with Crippen molar-refractivity contribution in [1.29, 1.82) is 0 Å². The normalized spacial score (nSPS) is 11.6. The highest BCUT2D eigenvalue weighted by atomic mass is 32.2. The molecule has 0 aliphatic rings. The Morgan fingerprint density at radius 3 is 2.65 bits per heavy atom. The van der Waals surface area contributed by atoms with Crippen molar-refractivity contribution in [3.8, 4) is 11.3 Å². The zero-order chi connectivity index (χ0) is 12.5. The molecule has 1 radical (unpaired) electrons. The fourth-order valence-corrected chi connectivity index (χ4v) is 2.43. The minimum atomic E-state index is -3.29. The molecule has 2 rings (SSSR count). The first-order valence-corrected chi connectivity index (χ1v) is 6.94. The number of benzene rings is 1. The molecule has 17 heavy (non-hydrogen) atoms. The van der Waals surface area contributed by atoms with Crippen molar-refractivity contribution in [2.75, 3.05) is 0 Å². The molecule has 0 aliphatic heterocycles. The molecule has 1 N–H and O–H groups in total. The van der Waals surface area contributed by atoms with E-state index in [0.29, 0.717) is 0 Å². The lowest BCUT2D eigenvalue weighted by Gasteiger charge is -2.06. The number of aromatic nitrogens is 2. The largest absolute Gasteiger partial charge is 0.278 e. The first-order chi connectivity index (χ1) is 7.96. The number of rotatable bonds is 3. The number of H-pyrrole nitrogens is 1. The van der Waals surface area contributed by atoms with Gasteiger partial charge in [0.1, 0.15) is 0 Å². The number of hydrogen-bond donors (Lipinski definition) is 1. The highest BCUT2D eigenvalue weighted by Crippen LogP contribution is 2.23. The molecule has 89 valence electrons. The molecule has 2 aromatic rings. The zero-order valence-electron chi connectivity index (χ0n) is 9.47. The second kappa shape index (κ2) is 4.33. The Labute approximate surface area is 101 Å². The number of nitrogens with one attached hydrogen (secondary N) is 1. The summed E-state index contributed by atoms with van der Waals surface area (Å²) in [7, 11) is -3.29. The second-order valence-electron chi connectivity index (χ2n) is 3.97. The number of hydrogen-bond acceptors (Lipinski definition) is 3. The van der Waals surface area contributed by atoms with E-state index in [-0.39, 0.29) is 5.75 Å². The molecule has 0 spiro atoms. The van der Waals surface area contributed by atoms with Gasteiger partial charge in [-0.1, -0.05) is 24.3 Å². The summed E-state index contributed by atoms with van der Waals surface area (Å²) in [4.78, 5) is 0. The summed E-state index contributed by atoms with van der Waals surface area (Å²) in [6, 6.07) is 9.22. The van der Waals surface area contributed by atoms with E-state index in [0.717, 1.165) is 22.5 Å². The van der Waals surface area contributed by atoms with Gasteiger partial charge in [-0.3, -0.25) is 5.10 Å². The van der Waals surface area contributed by atoms with E-state index >= 15 is 0 Å². The number of nitrogens with zero attached hydrogens (tertiary/aromatic N) is 1. The molecule has 0 saturated carbocycles. The van der Waals surface area contributed by atoms with Crippen molar-refractivity contribution in [2.24, 2.45) is 0 Å². The molecule has 1 aromatic carbocycles. The number of aryl methyl sites for hydroxylation is 1. The highest BCUT2D eigenvalue weighted by molar-refractivity contribution is 7.91. The van der Waals surface area contributed by atoms with Crippen LogP contribution in [0.4, 0.5) is 0 Å². The third kappa shape index (κ3) is 2.94. The Hall–Kier alpha value is -1.62. The van der Waals surface area contributed by atoms with Gasteiger partial charge in [0, 0.05) is 5.56 Å². The van der Waals surface area contributed by atoms with E-state index < -0.39 is 9.84 Å². The van der Waals surface area contributed by atoms with Crippen LogP contribution in [0, 0.1) is 13.2 Å². The van der Waals surface area contributed by atoms with Crippen molar-refractivity contribution < 1.29 is 8.42 Å². The second-order valence-corrected chi connectivity index (χ2v) is 5.74. The molecule has 0 unspecified atom stereocenters. The van der Waals surface area contributed by atoms with Gasteiger partial charge in [-0.25, -0.2) is 8.42 Å². The highest BCUT2D eigenvalue weighted by Gasteiger charge is 2.11. The summed E-state index contributed by atoms with van der Waals surface area (Å²) < 4.78 is 22.5. The quantitative estimate of drug-likeness (QED) is 0.906. The fraction of sp³-hybridized carbons (Fsp3) is 0.167. The van der Waals surface area contributed by atoms with Crippen LogP contribution < -0.4 is 0 Å². The molecular weight excluding hydrogens is 236 g/mol. The van der Waals surface area contributed by atoms with Crippen molar-refractivity contribution in [2.45, 2.75) is 12.7 Å². The number of aromatic amines is 1. The van der Waals surface area contributed by atoms with Crippen LogP contribution in [-0.2, 0) is 15.6 Å². The van der Waals surface area contributed by atoms with Gasteiger partial charge in [-0.05, 0) is 18.6 Å². The minimum Gasteiger partial charge on any atom is -0.278 e. The van der Waals surface area contributed by atoms with Crippen LogP contribution in [-0.4, -0.2) is 18.6 Å². The predicted molar refractivity (Wildman–Crippen MR) is 66.7 cm³/mol. The summed E-state index contributed by atoms with van der Waals surface area (Å²) in [5, 5.41) is 6.92. The Balaban J connectivity index is 2.48. The molecule has 0 fully saturated rings.